The second-order valence-electron chi connectivity index (χ2n) is 20.6. The molecule has 4 aromatic carbocycles. The summed E-state index contributed by atoms with van der Waals surface area (Å²) in [7, 11) is -0.874. The Kier molecular flexibility index (Phi) is 19.3. The van der Waals surface area contributed by atoms with E-state index in [1.807, 2.05) is 133 Å². The van der Waals surface area contributed by atoms with Crippen LogP contribution in [-0.4, -0.2) is 83.6 Å². The number of furan rings is 3. The van der Waals surface area contributed by atoms with Crippen LogP contribution in [0.1, 0.15) is 62.3 Å². The lowest BCUT2D eigenvalue weighted by Crippen LogP contribution is -2.27. The largest absolute Gasteiger partial charge is 0.570 e. The van der Waals surface area contributed by atoms with E-state index < -0.39 is 30.0 Å². The number of hydrogen-bond acceptors (Lipinski definition) is 13. The van der Waals surface area contributed by atoms with Gasteiger partial charge in [0.05, 0.1) is 54.1 Å². The molecule has 0 aliphatic rings. The van der Waals surface area contributed by atoms with E-state index in [9.17, 15) is 14.4 Å². The van der Waals surface area contributed by atoms with E-state index in [2.05, 4.69) is 53.4 Å². The predicted molar refractivity (Wildman–Crippen MR) is 317 cm³/mol. The summed E-state index contributed by atoms with van der Waals surface area (Å²) in [6, 6.07) is 36.0. The van der Waals surface area contributed by atoms with Crippen LogP contribution in [0.25, 0.3) is 65.9 Å². The third-order valence-electron chi connectivity index (χ3n) is 11.2. The molecule has 0 unspecified atom stereocenters. The Morgan fingerprint density at radius 3 is 1.51 bits per heavy atom. The highest BCUT2D eigenvalue weighted by Crippen LogP contribution is 2.35. The summed E-state index contributed by atoms with van der Waals surface area (Å²) in [5.74, 6) is 0.165. The van der Waals surface area contributed by atoms with Gasteiger partial charge in [0.2, 0.25) is 0 Å². The average Bonchev–Trinajstić information content (AvgIpc) is 4.26. The van der Waals surface area contributed by atoms with Gasteiger partial charge in [-0.15, -0.1) is 0 Å². The summed E-state index contributed by atoms with van der Waals surface area (Å²) in [5.41, 5.74) is 5.95. The SMILES string of the molecule is Brc1cccc2[nH]ccc12.CC(C)(C)OC(=O)n1c(O[B]O)cc2c(-c3ccoc3)cccc21.CC(C)(C)OC(=O)n1ccc2c(-c3ccoc3)cccc21.CC(C)(C)OC(=O)n1ccc2c(Br)cccc21.OB(O)c1ccoc1. The van der Waals surface area contributed by atoms with E-state index >= 15 is 0 Å². The summed E-state index contributed by atoms with van der Waals surface area (Å²) in [5, 5.41) is 29.8. The first-order chi connectivity index (χ1) is 37.9. The van der Waals surface area contributed by atoms with Crippen molar-refractivity contribution in [3.05, 3.63) is 180 Å². The highest BCUT2D eigenvalue weighted by molar-refractivity contribution is 9.11. The minimum Gasteiger partial charge on any atom is -0.524 e. The maximum absolute atomic E-state index is 12.6. The highest BCUT2D eigenvalue weighted by Gasteiger charge is 2.25. The third kappa shape index (κ3) is 15.5. The van der Waals surface area contributed by atoms with Gasteiger partial charge in [0.1, 0.15) is 16.8 Å². The molecule has 0 atom stereocenters. The zero-order valence-electron chi connectivity index (χ0n) is 45.3. The van der Waals surface area contributed by atoms with Gasteiger partial charge in [0, 0.05) is 77.3 Å². The number of carbonyl (C=O) groups is 3. The van der Waals surface area contributed by atoms with Crippen LogP contribution >= 0.6 is 31.9 Å². The zero-order valence-corrected chi connectivity index (χ0v) is 48.5. The summed E-state index contributed by atoms with van der Waals surface area (Å²) < 4.78 is 42.6. The van der Waals surface area contributed by atoms with Gasteiger partial charge in [0.15, 0.2) is 5.88 Å². The van der Waals surface area contributed by atoms with Gasteiger partial charge < -0.3 is 52.2 Å². The molecule has 80 heavy (non-hydrogen) atoms. The molecule has 11 aromatic rings. The summed E-state index contributed by atoms with van der Waals surface area (Å²) >= 11 is 6.91. The summed E-state index contributed by atoms with van der Waals surface area (Å²) in [6.45, 7) is 16.5. The van der Waals surface area contributed by atoms with Gasteiger partial charge in [-0.05, 0) is 146 Å². The monoisotopic (exact) mass is 1210 g/mol. The van der Waals surface area contributed by atoms with Crippen molar-refractivity contribution in [3.8, 4) is 28.1 Å². The van der Waals surface area contributed by atoms with Crippen molar-refractivity contribution in [2.75, 3.05) is 0 Å². The van der Waals surface area contributed by atoms with Crippen LogP contribution in [0.2, 0.25) is 0 Å². The standard InChI is InChI=1S/C17H17BNO5.C17H17NO3.C13H14BrNO2.C8H6BrN.C4H5BO3/c1-17(2,3)23-16(20)19-14-6-4-5-12(11-7-8-22-10-11)13(14)9-15(19)24-18-21;1-17(2,3)21-16(19)18-9-7-14-13(5-4-6-15(14)18)12-8-10-20-11-12;1-13(2,3)17-12(16)15-8-7-9-10(14)5-4-6-11(9)15;9-7-2-1-3-8-6(7)4-5-10-8;6-5(7)4-1-2-8-3-4/h4-10,21H,1-3H3;4-11H,1-3H3;4-8H,1-3H3;1-5,10H;1-3,6-7H. The van der Waals surface area contributed by atoms with E-state index in [1.54, 1.807) is 70.4 Å². The summed E-state index contributed by atoms with van der Waals surface area (Å²) in [4.78, 5) is 39.9. The van der Waals surface area contributed by atoms with Gasteiger partial charge in [0.25, 0.3) is 0 Å². The second kappa shape index (κ2) is 25.9. The molecule has 1 radical (unpaired) electrons. The third-order valence-corrected chi connectivity index (χ3v) is 12.6. The smallest absolute Gasteiger partial charge is 0.524 e. The Balaban J connectivity index is 0.000000151. The first kappa shape index (κ1) is 59.7. The fraction of sp³-hybridized carbons (Fsp3) is 0.203. The van der Waals surface area contributed by atoms with Crippen LogP contribution < -0.4 is 10.1 Å². The van der Waals surface area contributed by atoms with E-state index in [1.165, 1.54) is 43.2 Å². The molecular weight excluding hydrogens is 1150 g/mol. The number of rotatable bonds is 5. The second-order valence-corrected chi connectivity index (χ2v) is 22.3. The van der Waals surface area contributed by atoms with Crippen LogP contribution in [0.4, 0.5) is 14.4 Å². The topological polar surface area (TPSA) is 219 Å². The minimum atomic E-state index is -1.41. The van der Waals surface area contributed by atoms with Crippen molar-refractivity contribution in [1.82, 2.24) is 18.7 Å². The van der Waals surface area contributed by atoms with E-state index in [0.29, 0.717) is 18.7 Å². The van der Waals surface area contributed by atoms with E-state index in [-0.39, 0.29) is 18.1 Å². The van der Waals surface area contributed by atoms with Gasteiger partial charge in [-0.2, -0.15) is 0 Å². The van der Waals surface area contributed by atoms with Gasteiger partial charge in [-0.3, -0.25) is 9.13 Å². The quantitative estimate of drug-likeness (QED) is 0.0932. The lowest BCUT2D eigenvalue weighted by molar-refractivity contribution is 0.0527. The molecule has 4 N–H and O–H groups in total. The van der Waals surface area contributed by atoms with Crippen LogP contribution in [0.3, 0.4) is 0 Å². The Morgan fingerprint density at radius 2 is 1.02 bits per heavy atom. The Bertz CT molecular complexity index is 3800. The average molecular weight is 1210 g/mol. The van der Waals surface area contributed by atoms with E-state index in [4.69, 9.17) is 42.8 Å². The molecule has 0 aliphatic carbocycles. The first-order valence-electron chi connectivity index (χ1n) is 24.9. The Hall–Kier alpha value is -7.94. The molecule has 0 aliphatic heterocycles. The highest BCUT2D eigenvalue weighted by atomic mass is 79.9. The van der Waals surface area contributed by atoms with E-state index in [0.717, 1.165) is 58.4 Å². The van der Waals surface area contributed by atoms with Crippen LogP contribution in [-0.2, 0) is 14.2 Å². The number of H-pyrrole nitrogens is 1. The van der Waals surface area contributed by atoms with Gasteiger partial charge in [-0.25, -0.2) is 19.0 Å². The zero-order chi connectivity index (χ0) is 57.9. The molecule has 11 rings (SSSR count). The molecule has 0 bridgehead atoms. The van der Waals surface area contributed by atoms with Crippen LogP contribution in [0.15, 0.2) is 194 Å². The number of halogens is 2. The fourth-order valence-electron chi connectivity index (χ4n) is 7.89. The number of carbonyl (C=O) groups excluding carboxylic acids is 3. The first-order valence-corrected chi connectivity index (χ1v) is 26.5. The maximum atomic E-state index is 12.6. The Labute approximate surface area is 479 Å². The molecule has 413 valence electrons. The molecule has 0 fully saturated rings. The minimum absolute atomic E-state index is 0.165. The van der Waals surface area contributed by atoms with Crippen molar-refractivity contribution in [3.63, 3.8) is 0 Å². The molecule has 0 amide bonds. The molecule has 7 aromatic heterocycles. The number of fused-ring (bicyclic) bond motifs is 4. The summed E-state index contributed by atoms with van der Waals surface area (Å²) in [6.07, 6.45) is 13.3. The van der Waals surface area contributed by atoms with Gasteiger partial charge in [-0.1, -0.05) is 68.3 Å². The molecular formula is C59H59B2Br2N4O13. The number of ether oxygens (including phenoxy) is 3. The number of aromatic amines is 1. The number of hydrogen-bond donors (Lipinski definition) is 4. The maximum Gasteiger partial charge on any atom is 0.570 e. The van der Waals surface area contributed by atoms with Crippen molar-refractivity contribution in [2.24, 2.45) is 0 Å². The molecule has 0 saturated heterocycles. The Morgan fingerprint density at radius 1 is 0.550 bits per heavy atom. The molecule has 21 heteroatoms. The van der Waals surface area contributed by atoms with Crippen LogP contribution in [0, 0.1) is 0 Å². The lowest BCUT2D eigenvalue weighted by atomic mass is 9.83. The lowest BCUT2D eigenvalue weighted by Gasteiger charge is -2.20. The molecule has 17 nitrogen and oxygen atoms in total. The van der Waals surface area contributed by atoms with Crippen molar-refractivity contribution in [2.45, 2.75) is 79.1 Å². The van der Waals surface area contributed by atoms with Crippen molar-refractivity contribution < 1.29 is 61.6 Å². The number of nitrogens with zero attached hydrogens (tertiary/aromatic N) is 3. The number of aromatic nitrogens is 4. The van der Waals surface area contributed by atoms with Crippen molar-refractivity contribution >= 4 is 114 Å². The van der Waals surface area contributed by atoms with Crippen molar-refractivity contribution in [1.29, 1.82) is 0 Å². The van der Waals surface area contributed by atoms with Gasteiger partial charge >= 0.3 is 33.1 Å². The predicted octanol–water partition coefficient (Wildman–Crippen LogP) is 14.4. The normalized spacial score (nSPS) is 11.3. The number of benzene rings is 4. The number of nitrogens with one attached hydrogen (secondary N) is 1. The molecule has 0 saturated carbocycles. The fourth-order valence-corrected chi connectivity index (χ4v) is 8.88. The molecule has 0 spiro atoms. The van der Waals surface area contributed by atoms with Crippen LogP contribution in [0.5, 0.6) is 5.88 Å². The molecule has 7 heterocycles.